The smallest absolute Gasteiger partial charge is 0.266 e. The highest BCUT2D eigenvalue weighted by molar-refractivity contribution is 9.10. The average molecular weight is 457 g/mol. The lowest BCUT2D eigenvalue weighted by Crippen LogP contribution is -2.15. The first-order valence-corrected chi connectivity index (χ1v) is 9.82. The Morgan fingerprint density at radius 2 is 1.86 bits per heavy atom. The SMILES string of the molecule is CCOc1cc(/C=C(/C#N)C(=O)Nc2ccccc2C(C)=O)cc(Br)c1OCC. The van der Waals surface area contributed by atoms with Gasteiger partial charge in [-0.2, -0.15) is 5.26 Å². The zero-order chi connectivity index (χ0) is 21.4. The lowest BCUT2D eigenvalue weighted by Gasteiger charge is -2.14. The summed E-state index contributed by atoms with van der Waals surface area (Å²) in [6.07, 6.45) is 1.45. The third-order valence-corrected chi connectivity index (χ3v) is 4.44. The number of nitriles is 1. The van der Waals surface area contributed by atoms with Crippen molar-refractivity contribution in [2.45, 2.75) is 20.8 Å². The first-order chi connectivity index (χ1) is 13.9. The van der Waals surface area contributed by atoms with Gasteiger partial charge in [-0.1, -0.05) is 12.1 Å². The summed E-state index contributed by atoms with van der Waals surface area (Å²) in [4.78, 5) is 24.3. The fraction of sp³-hybridized carbons (Fsp3) is 0.227. The second-order valence-corrected chi connectivity index (χ2v) is 6.78. The van der Waals surface area contributed by atoms with Gasteiger partial charge in [0.1, 0.15) is 11.6 Å². The zero-order valence-electron chi connectivity index (χ0n) is 16.4. The summed E-state index contributed by atoms with van der Waals surface area (Å²) in [5.41, 5.74) is 1.21. The Kier molecular flexibility index (Phi) is 7.98. The van der Waals surface area contributed by atoms with Crippen LogP contribution in [0.15, 0.2) is 46.4 Å². The Morgan fingerprint density at radius 1 is 1.17 bits per heavy atom. The molecule has 0 fully saturated rings. The average Bonchev–Trinajstić information content (AvgIpc) is 2.69. The Morgan fingerprint density at radius 3 is 2.48 bits per heavy atom. The van der Waals surface area contributed by atoms with E-state index in [2.05, 4.69) is 21.2 Å². The van der Waals surface area contributed by atoms with E-state index in [1.54, 1.807) is 36.4 Å². The molecule has 0 aliphatic heterocycles. The molecule has 0 saturated heterocycles. The second kappa shape index (κ2) is 10.4. The predicted molar refractivity (Wildman–Crippen MR) is 115 cm³/mol. The number of rotatable bonds is 8. The Balaban J connectivity index is 2.38. The number of amides is 1. The van der Waals surface area contributed by atoms with Crippen LogP contribution >= 0.6 is 15.9 Å². The largest absolute Gasteiger partial charge is 0.490 e. The van der Waals surface area contributed by atoms with Gasteiger partial charge in [-0.25, -0.2) is 0 Å². The molecule has 1 amide bonds. The van der Waals surface area contributed by atoms with Gasteiger partial charge in [-0.05, 0) is 72.6 Å². The number of halogens is 1. The van der Waals surface area contributed by atoms with Crippen LogP contribution in [-0.2, 0) is 4.79 Å². The monoisotopic (exact) mass is 456 g/mol. The first-order valence-electron chi connectivity index (χ1n) is 9.03. The molecular formula is C22H21BrN2O4. The van der Waals surface area contributed by atoms with E-state index in [1.807, 2.05) is 19.9 Å². The number of carbonyl (C=O) groups excluding carboxylic acids is 2. The van der Waals surface area contributed by atoms with E-state index < -0.39 is 5.91 Å². The standard InChI is InChI=1S/C22H21BrN2O4/c1-4-28-20-12-15(11-18(23)21(20)29-5-2)10-16(13-24)22(27)25-19-9-7-6-8-17(19)14(3)26/h6-12H,4-5H2,1-3H3,(H,25,27)/b16-10-. The summed E-state index contributed by atoms with van der Waals surface area (Å²) in [6.45, 7) is 6.04. The molecule has 0 heterocycles. The number of anilines is 1. The minimum Gasteiger partial charge on any atom is -0.490 e. The van der Waals surface area contributed by atoms with Crippen LogP contribution in [0.1, 0.15) is 36.7 Å². The Labute approximate surface area is 178 Å². The molecule has 1 N–H and O–H groups in total. The van der Waals surface area contributed by atoms with Crippen LogP contribution in [0.3, 0.4) is 0 Å². The van der Waals surface area contributed by atoms with Crippen molar-refractivity contribution in [2.75, 3.05) is 18.5 Å². The number of hydrogen-bond donors (Lipinski definition) is 1. The third kappa shape index (κ3) is 5.69. The molecule has 0 radical (unpaired) electrons. The zero-order valence-corrected chi connectivity index (χ0v) is 18.0. The van der Waals surface area contributed by atoms with Crippen LogP contribution < -0.4 is 14.8 Å². The molecule has 2 aromatic carbocycles. The molecule has 0 aliphatic rings. The molecule has 0 unspecified atom stereocenters. The van der Waals surface area contributed by atoms with Crippen LogP contribution in [0.5, 0.6) is 11.5 Å². The van der Waals surface area contributed by atoms with Crippen molar-refractivity contribution in [3.63, 3.8) is 0 Å². The Hall–Kier alpha value is -3.11. The van der Waals surface area contributed by atoms with Crippen molar-refractivity contribution in [3.8, 4) is 17.6 Å². The van der Waals surface area contributed by atoms with E-state index in [9.17, 15) is 14.9 Å². The van der Waals surface area contributed by atoms with Crippen molar-refractivity contribution in [3.05, 3.63) is 57.6 Å². The lowest BCUT2D eigenvalue weighted by atomic mass is 10.1. The van der Waals surface area contributed by atoms with E-state index in [0.29, 0.717) is 46.0 Å². The highest BCUT2D eigenvalue weighted by atomic mass is 79.9. The molecule has 6 nitrogen and oxygen atoms in total. The van der Waals surface area contributed by atoms with Gasteiger partial charge >= 0.3 is 0 Å². The number of nitrogens with one attached hydrogen (secondary N) is 1. The number of carbonyl (C=O) groups is 2. The number of para-hydroxylation sites is 1. The van der Waals surface area contributed by atoms with Crippen LogP contribution in [-0.4, -0.2) is 24.9 Å². The van der Waals surface area contributed by atoms with Gasteiger partial charge in [-0.3, -0.25) is 9.59 Å². The van der Waals surface area contributed by atoms with E-state index in [0.717, 1.165) is 0 Å². The predicted octanol–water partition coefficient (Wildman–Crippen LogP) is 4.99. The van der Waals surface area contributed by atoms with Crippen LogP contribution in [0.4, 0.5) is 5.69 Å². The summed E-state index contributed by atoms with van der Waals surface area (Å²) in [7, 11) is 0. The summed E-state index contributed by atoms with van der Waals surface area (Å²) in [5, 5.41) is 12.1. The van der Waals surface area contributed by atoms with Crippen LogP contribution in [0, 0.1) is 11.3 Å². The quantitative estimate of drug-likeness (QED) is 0.343. The summed E-state index contributed by atoms with van der Waals surface area (Å²) >= 11 is 3.44. The highest BCUT2D eigenvalue weighted by Crippen LogP contribution is 2.37. The van der Waals surface area contributed by atoms with E-state index in [4.69, 9.17) is 9.47 Å². The van der Waals surface area contributed by atoms with Gasteiger partial charge in [0.15, 0.2) is 17.3 Å². The maximum absolute atomic E-state index is 12.6. The fourth-order valence-electron chi connectivity index (χ4n) is 2.62. The van der Waals surface area contributed by atoms with Crippen molar-refractivity contribution < 1.29 is 19.1 Å². The number of benzene rings is 2. The van der Waals surface area contributed by atoms with Crippen molar-refractivity contribution in [1.29, 1.82) is 5.26 Å². The molecule has 0 aromatic heterocycles. The number of Topliss-reactive ketones (excluding diaryl/α,β-unsaturated/α-hetero) is 1. The molecule has 0 atom stereocenters. The summed E-state index contributed by atoms with van der Waals surface area (Å²) in [6, 6.07) is 12.0. The first kappa shape index (κ1) is 22.2. The van der Waals surface area contributed by atoms with E-state index in [1.165, 1.54) is 13.0 Å². The third-order valence-electron chi connectivity index (χ3n) is 3.85. The van der Waals surface area contributed by atoms with Gasteiger partial charge in [0.25, 0.3) is 5.91 Å². The molecule has 2 rings (SSSR count). The maximum atomic E-state index is 12.6. The summed E-state index contributed by atoms with van der Waals surface area (Å²) < 4.78 is 11.9. The van der Waals surface area contributed by atoms with Gasteiger partial charge in [0.2, 0.25) is 0 Å². The molecule has 0 bridgehead atoms. The molecule has 150 valence electrons. The van der Waals surface area contributed by atoms with Crippen molar-refractivity contribution in [1.82, 2.24) is 0 Å². The molecule has 0 spiro atoms. The van der Waals surface area contributed by atoms with Gasteiger partial charge in [0, 0.05) is 5.56 Å². The number of nitrogens with zero attached hydrogens (tertiary/aromatic N) is 1. The van der Waals surface area contributed by atoms with Gasteiger partial charge in [0.05, 0.1) is 23.4 Å². The van der Waals surface area contributed by atoms with E-state index >= 15 is 0 Å². The Bertz CT molecular complexity index is 993. The molecule has 0 aliphatic carbocycles. The molecule has 2 aromatic rings. The second-order valence-electron chi connectivity index (χ2n) is 5.92. The van der Waals surface area contributed by atoms with Crippen molar-refractivity contribution >= 4 is 39.4 Å². The van der Waals surface area contributed by atoms with Crippen LogP contribution in [0.2, 0.25) is 0 Å². The minimum atomic E-state index is -0.607. The normalized spacial score (nSPS) is 10.8. The number of ether oxygens (including phenoxy) is 2. The van der Waals surface area contributed by atoms with Gasteiger partial charge in [-0.15, -0.1) is 0 Å². The topological polar surface area (TPSA) is 88.4 Å². The van der Waals surface area contributed by atoms with Crippen molar-refractivity contribution in [2.24, 2.45) is 0 Å². The fourth-order valence-corrected chi connectivity index (χ4v) is 3.20. The summed E-state index contributed by atoms with van der Waals surface area (Å²) in [5.74, 6) is 0.281. The number of ketones is 1. The lowest BCUT2D eigenvalue weighted by molar-refractivity contribution is -0.112. The van der Waals surface area contributed by atoms with Gasteiger partial charge < -0.3 is 14.8 Å². The minimum absolute atomic E-state index is 0.109. The molecular weight excluding hydrogens is 436 g/mol. The van der Waals surface area contributed by atoms with E-state index in [-0.39, 0.29) is 11.4 Å². The maximum Gasteiger partial charge on any atom is 0.266 e. The number of hydrogen-bond acceptors (Lipinski definition) is 5. The highest BCUT2D eigenvalue weighted by Gasteiger charge is 2.16. The van der Waals surface area contributed by atoms with Crippen LogP contribution in [0.25, 0.3) is 6.08 Å². The molecule has 0 saturated carbocycles. The molecule has 29 heavy (non-hydrogen) atoms. The molecule has 7 heteroatoms.